The van der Waals surface area contributed by atoms with Crippen molar-refractivity contribution in [2.45, 2.75) is 97.3 Å². The van der Waals surface area contributed by atoms with Crippen molar-refractivity contribution in [3.63, 3.8) is 0 Å². The van der Waals surface area contributed by atoms with Gasteiger partial charge in [0.2, 0.25) is 0 Å². The van der Waals surface area contributed by atoms with Gasteiger partial charge in [-0.05, 0) is 30.1 Å². The Morgan fingerprint density at radius 3 is 1.11 bits per heavy atom. The Balaban J connectivity index is 1.92. The molecule has 0 nitrogen and oxygen atoms in total. The molecule has 0 amide bonds. The Morgan fingerprint density at radius 2 is 0.789 bits per heavy atom. The third kappa shape index (κ3) is 5.88. The fourth-order valence-electron chi connectivity index (χ4n) is 4.54. The summed E-state index contributed by atoms with van der Waals surface area (Å²) >= 11 is 0. The maximum atomic E-state index is 2.48. The highest BCUT2D eigenvalue weighted by atomic mass is 14.3. The van der Waals surface area contributed by atoms with E-state index in [-0.39, 0.29) is 0 Å². The van der Waals surface area contributed by atoms with Crippen LogP contribution in [-0.2, 0) is 0 Å². The van der Waals surface area contributed by atoms with Crippen molar-refractivity contribution in [3.8, 4) is 0 Å². The number of hydrogen-bond donors (Lipinski definition) is 0. The van der Waals surface area contributed by atoms with E-state index in [2.05, 4.69) is 13.8 Å². The SMILES string of the molecule is CC1CCCC2CCCC(C)CCCC(CCC1)C2. The van der Waals surface area contributed by atoms with Crippen LogP contribution in [0.2, 0.25) is 0 Å². The van der Waals surface area contributed by atoms with Crippen LogP contribution in [0.4, 0.5) is 0 Å². The maximum absolute atomic E-state index is 2.48. The monoisotopic (exact) mass is 264 g/mol. The predicted molar refractivity (Wildman–Crippen MR) is 85.3 cm³/mol. The molecule has 2 aliphatic carbocycles. The molecule has 2 fully saturated rings. The van der Waals surface area contributed by atoms with E-state index < -0.39 is 0 Å². The van der Waals surface area contributed by atoms with E-state index in [1.807, 2.05) is 0 Å². The minimum absolute atomic E-state index is 0.993. The van der Waals surface area contributed by atoms with E-state index in [1.54, 1.807) is 6.42 Å². The van der Waals surface area contributed by atoms with Crippen LogP contribution in [0.15, 0.2) is 0 Å². The van der Waals surface area contributed by atoms with Crippen molar-refractivity contribution in [2.24, 2.45) is 23.7 Å². The molecule has 2 bridgehead atoms. The van der Waals surface area contributed by atoms with Gasteiger partial charge in [-0.2, -0.15) is 0 Å². The van der Waals surface area contributed by atoms with E-state index in [0.717, 1.165) is 23.7 Å². The van der Waals surface area contributed by atoms with E-state index in [1.165, 1.54) is 77.0 Å². The molecule has 0 saturated heterocycles. The van der Waals surface area contributed by atoms with Crippen LogP contribution < -0.4 is 0 Å². The van der Waals surface area contributed by atoms with Gasteiger partial charge in [-0.1, -0.05) is 90.9 Å². The summed E-state index contributed by atoms with van der Waals surface area (Å²) in [7, 11) is 0. The highest BCUT2D eigenvalue weighted by molar-refractivity contribution is 4.73. The second kappa shape index (κ2) is 8.32. The van der Waals surface area contributed by atoms with Crippen LogP contribution >= 0.6 is 0 Å². The highest BCUT2D eigenvalue weighted by Gasteiger charge is 2.20. The van der Waals surface area contributed by atoms with Gasteiger partial charge in [-0.15, -0.1) is 0 Å². The summed E-state index contributed by atoms with van der Waals surface area (Å²) in [6, 6.07) is 0. The molecule has 2 saturated carbocycles. The summed E-state index contributed by atoms with van der Waals surface area (Å²) in [5, 5.41) is 0. The molecule has 2 aliphatic rings. The van der Waals surface area contributed by atoms with Crippen molar-refractivity contribution >= 4 is 0 Å². The zero-order chi connectivity index (χ0) is 13.5. The van der Waals surface area contributed by atoms with E-state index >= 15 is 0 Å². The summed E-state index contributed by atoms with van der Waals surface area (Å²) in [6.45, 7) is 4.97. The quantitative estimate of drug-likeness (QED) is 0.463. The van der Waals surface area contributed by atoms with Crippen molar-refractivity contribution in [1.29, 1.82) is 0 Å². The van der Waals surface area contributed by atoms with Crippen LogP contribution in [-0.4, -0.2) is 0 Å². The standard InChI is InChI=1S/C19H36/c1-16-7-3-11-18-13-5-9-17(2)10-6-14-19(15-18)12-4-8-16/h16-19H,3-15H2,1-2H3. The maximum Gasteiger partial charge on any atom is -0.0412 e. The lowest BCUT2D eigenvalue weighted by atomic mass is 9.78. The third-order valence-corrected chi connectivity index (χ3v) is 5.90. The molecule has 0 heteroatoms. The Bertz CT molecular complexity index is 188. The minimum atomic E-state index is 0.993. The molecule has 0 aromatic rings. The first-order chi connectivity index (χ1) is 9.24. The zero-order valence-corrected chi connectivity index (χ0v) is 13.5. The fraction of sp³-hybridized carbons (Fsp3) is 1.00. The molecular formula is C19H36. The summed E-state index contributed by atoms with van der Waals surface area (Å²) in [5.74, 6) is 4.13. The van der Waals surface area contributed by atoms with Gasteiger partial charge < -0.3 is 0 Å². The summed E-state index contributed by atoms with van der Waals surface area (Å²) < 4.78 is 0. The molecule has 112 valence electrons. The largest absolute Gasteiger partial charge is 0.0625 e. The minimum Gasteiger partial charge on any atom is -0.0625 e. The van der Waals surface area contributed by atoms with Gasteiger partial charge in [-0.25, -0.2) is 0 Å². The molecule has 0 unspecified atom stereocenters. The molecule has 0 heterocycles. The number of fused-ring (bicyclic) bond motifs is 2. The van der Waals surface area contributed by atoms with Gasteiger partial charge in [0.1, 0.15) is 0 Å². The second-order valence-corrected chi connectivity index (χ2v) is 7.90. The van der Waals surface area contributed by atoms with Crippen LogP contribution in [0.25, 0.3) is 0 Å². The van der Waals surface area contributed by atoms with Crippen molar-refractivity contribution < 1.29 is 0 Å². The summed E-state index contributed by atoms with van der Waals surface area (Å²) in [4.78, 5) is 0. The third-order valence-electron chi connectivity index (χ3n) is 5.90. The van der Waals surface area contributed by atoms with Crippen LogP contribution in [0.1, 0.15) is 97.3 Å². The molecule has 0 aliphatic heterocycles. The first-order valence-electron chi connectivity index (χ1n) is 9.24. The van der Waals surface area contributed by atoms with Gasteiger partial charge in [-0.3, -0.25) is 0 Å². The zero-order valence-electron chi connectivity index (χ0n) is 13.5. The molecule has 0 aromatic heterocycles. The predicted octanol–water partition coefficient (Wildman–Crippen LogP) is 6.59. The van der Waals surface area contributed by atoms with Gasteiger partial charge in [0, 0.05) is 0 Å². The molecule has 0 aromatic carbocycles. The lowest BCUT2D eigenvalue weighted by Crippen LogP contribution is -2.14. The molecule has 0 spiro atoms. The van der Waals surface area contributed by atoms with Crippen LogP contribution in [0.3, 0.4) is 0 Å². The lowest BCUT2D eigenvalue weighted by molar-refractivity contribution is 0.243. The highest BCUT2D eigenvalue weighted by Crippen LogP contribution is 2.34. The first-order valence-corrected chi connectivity index (χ1v) is 9.24. The number of rotatable bonds is 0. The van der Waals surface area contributed by atoms with Crippen molar-refractivity contribution in [3.05, 3.63) is 0 Å². The van der Waals surface area contributed by atoms with E-state index in [0.29, 0.717) is 0 Å². The Kier molecular flexibility index (Phi) is 6.74. The topological polar surface area (TPSA) is 0 Å². The Hall–Kier alpha value is 0. The summed E-state index contributed by atoms with van der Waals surface area (Å²) in [5.41, 5.74) is 0. The van der Waals surface area contributed by atoms with Crippen LogP contribution in [0.5, 0.6) is 0 Å². The van der Waals surface area contributed by atoms with Crippen molar-refractivity contribution in [1.82, 2.24) is 0 Å². The van der Waals surface area contributed by atoms with Gasteiger partial charge in [0.25, 0.3) is 0 Å². The first kappa shape index (κ1) is 15.4. The van der Waals surface area contributed by atoms with Gasteiger partial charge >= 0.3 is 0 Å². The van der Waals surface area contributed by atoms with Gasteiger partial charge in [0.05, 0.1) is 0 Å². The summed E-state index contributed by atoms with van der Waals surface area (Å²) in [6.07, 6.45) is 19.7. The fourth-order valence-corrected chi connectivity index (χ4v) is 4.54. The second-order valence-electron chi connectivity index (χ2n) is 7.90. The lowest BCUT2D eigenvalue weighted by Gasteiger charge is -2.28. The van der Waals surface area contributed by atoms with Gasteiger partial charge in [0.15, 0.2) is 0 Å². The molecule has 19 heavy (non-hydrogen) atoms. The van der Waals surface area contributed by atoms with Crippen molar-refractivity contribution in [2.75, 3.05) is 0 Å². The van der Waals surface area contributed by atoms with Crippen LogP contribution in [0, 0.1) is 23.7 Å². The molecule has 0 atom stereocenters. The Morgan fingerprint density at radius 1 is 0.474 bits per heavy atom. The average molecular weight is 264 g/mol. The normalized spacial score (nSPS) is 39.5. The van der Waals surface area contributed by atoms with E-state index in [4.69, 9.17) is 0 Å². The molecule has 0 N–H and O–H groups in total. The Labute approximate surface area is 121 Å². The average Bonchev–Trinajstić information content (AvgIpc) is 2.37. The molecular weight excluding hydrogens is 228 g/mol. The molecule has 0 radical (unpaired) electrons. The van der Waals surface area contributed by atoms with E-state index in [9.17, 15) is 0 Å². The molecule has 2 rings (SSSR count). The number of hydrogen-bond acceptors (Lipinski definition) is 0. The smallest absolute Gasteiger partial charge is 0.0412 e.